The van der Waals surface area contributed by atoms with Crippen LogP contribution in [-0.4, -0.2) is 5.91 Å². The summed E-state index contributed by atoms with van der Waals surface area (Å²) >= 11 is 0. The SMILES string of the molecule is O=C(Nc1ccccc1)C1[CH]CCCCC1. The van der Waals surface area contributed by atoms with E-state index in [1.165, 1.54) is 19.3 Å². The number of para-hydroxylation sites is 1. The van der Waals surface area contributed by atoms with E-state index < -0.39 is 0 Å². The Labute approximate surface area is 97.1 Å². The summed E-state index contributed by atoms with van der Waals surface area (Å²) in [4.78, 5) is 12.0. The maximum absolute atomic E-state index is 12.0. The number of benzene rings is 1. The molecule has 0 bridgehead atoms. The van der Waals surface area contributed by atoms with Crippen LogP contribution in [0, 0.1) is 12.3 Å². The summed E-state index contributed by atoms with van der Waals surface area (Å²) in [5.74, 6) is 0.246. The Hall–Kier alpha value is -1.31. The zero-order chi connectivity index (χ0) is 11.2. The van der Waals surface area contributed by atoms with E-state index in [9.17, 15) is 4.79 Å². The lowest BCUT2D eigenvalue weighted by molar-refractivity contribution is -0.119. The average Bonchev–Trinajstić information content (AvgIpc) is 2.59. The van der Waals surface area contributed by atoms with Crippen molar-refractivity contribution < 1.29 is 4.79 Å². The van der Waals surface area contributed by atoms with Crippen LogP contribution in [0.15, 0.2) is 30.3 Å². The van der Waals surface area contributed by atoms with E-state index >= 15 is 0 Å². The van der Waals surface area contributed by atoms with Gasteiger partial charge in [0, 0.05) is 11.6 Å². The third-order valence-corrected chi connectivity index (χ3v) is 3.05. The Balaban J connectivity index is 1.92. The molecule has 1 unspecified atom stereocenters. The van der Waals surface area contributed by atoms with E-state index in [-0.39, 0.29) is 11.8 Å². The molecule has 2 nitrogen and oxygen atoms in total. The third-order valence-electron chi connectivity index (χ3n) is 3.05. The van der Waals surface area contributed by atoms with Crippen LogP contribution in [0.4, 0.5) is 5.69 Å². The number of amides is 1. The van der Waals surface area contributed by atoms with Crippen LogP contribution in [0.25, 0.3) is 0 Å². The monoisotopic (exact) mass is 216 g/mol. The fourth-order valence-electron chi connectivity index (χ4n) is 2.12. The molecule has 1 fully saturated rings. The fourth-order valence-corrected chi connectivity index (χ4v) is 2.12. The molecule has 0 aromatic heterocycles. The van der Waals surface area contributed by atoms with Gasteiger partial charge in [-0.1, -0.05) is 37.5 Å². The molecule has 0 spiro atoms. The second-order valence-electron chi connectivity index (χ2n) is 4.34. The lowest BCUT2D eigenvalue weighted by Gasteiger charge is -2.13. The van der Waals surface area contributed by atoms with Crippen LogP contribution in [0.1, 0.15) is 32.1 Å². The van der Waals surface area contributed by atoms with Crippen LogP contribution in [0.5, 0.6) is 0 Å². The van der Waals surface area contributed by atoms with Crippen LogP contribution < -0.4 is 5.32 Å². The zero-order valence-electron chi connectivity index (χ0n) is 9.49. The molecule has 0 aliphatic heterocycles. The number of carbonyl (C=O) groups is 1. The maximum Gasteiger partial charge on any atom is 0.227 e. The number of rotatable bonds is 2. The molecule has 1 atom stereocenters. The summed E-state index contributed by atoms with van der Waals surface area (Å²) < 4.78 is 0. The van der Waals surface area contributed by atoms with Gasteiger partial charge in [-0.05, 0) is 31.4 Å². The predicted octanol–water partition coefficient (Wildman–Crippen LogP) is 3.41. The third kappa shape index (κ3) is 3.09. The number of hydrogen-bond acceptors (Lipinski definition) is 1. The predicted molar refractivity (Wildman–Crippen MR) is 65.9 cm³/mol. The van der Waals surface area contributed by atoms with Gasteiger partial charge in [0.15, 0.2) is 0 Å². The largest absolute Gasteiger partial charge is 0.326 e. The van der Waals surface area contributed by atoms with Crippen LogP contribution in [0.3, 0.4) is 0 Å². The van der Waals surface area contributed by atoms with Crippen molar-refractivity contribution in [2.24, 2.45) is 5.92 Å². The topological polar surface area (TPSA) is 29.1 Å². The molecule has 1 aliphatic rings. The highest BCUT2D eigenvalue weighted by Crippen LogP contribution is 2.23. The first-order valence-electron chi connectivity index (χ1n) is 6.05. The van der Waals surface area contributed by atoms with Gasteiger partial charge in [-0.25, -0.2) is 0 Å². The van der Waals surface area contributed by atoms with Crippen molar-refractivity contribution in [1.82, 2.24) is 0 Å². The lowest BCUT2D eigenvalue weighted by Crippen LogP contribution is -2.22. The Morgan fingerprint density at radius 1 is 1.12 bits per heavy atom. The van der Waals surface area contributed by atoms with Crippen LogP contribution >= 0.6 is 0 Å². The van der Waals surface area contributed by atoms with E-state index in [0.29, 0.717) is 0 Å². The van der Waals surface area contributed by atoms with Crippen molar-refractivity contribution in [3.05, 3.63) is 36.8 Å². The van der Waals surface area contributed by atoms with E-state index in [1.807, 2.05) is 30.3 Å². The molecular weight excluding hydrogens is 198 g/mol. The Kier molecular flexibility index (Phi) is 3.97. The first kappa shape index (κ1) is 11.2. The molecule has 85 valence electrons. The second-order valence-corrected chi connectivity index (χ2v) is 4.34. The molecule has 2 heteroatoms. The Morgan fingerprint density at radius 2 is 1.94 bits per heavy atom. The standard InChI is InChI=1S/C14H18NO/c16-14(12-8-4-1-2-5-9-12)15-13-10-6-3-7-11-13/h3,6-8,10-12H,1-2,4-5,9H2,(H,15,16). The first-order chi connectivity index (χ1) is 7.86. The maximum atomic E-state index is 12.0. The summed E-state index contributed by atoms with van der Waals surface area (Å²) in [6.07, 6.45) is 7.90. The average molecular weight is 216 g/mol. The first-order valence-corrected chi connectivity index (χ1v) is 6.05. The molecule has 1 radical (unpaired) electrons. The van der Waals surface area contributed by atoms with Gasteiger partial charge in [-0.3, -0.25) is 4.79 Å². The molecule has 1 amide bonds. The number of anilines is 1. The highest BCUT2D eigenvalue weighted by molar-refractivity contribution is 5.93. The van der Waals surface area contributed by atoms with Crippen LogP contribution in [-0.2, 0) is 4.79 Å². The Bertz CT molecular complexity index is 326. The number of carbonyl (C=O) groups excluding carboxylic acids is 1. The van der Waals surface area contributed by atoms with Crippen molar-refractivity contribution in [1.29, 1.82) is 0 Å². The summed E-state index contributed by atoms with van der Waals surface area (Å²) in [6, 6.07) is 9.68. The van der Waals surface area contributed by atoms with Crippen molar-refractivity contribution in [3.63, 3.8) is 0 Å². The van der Waals surface area contributed by atoms with Gasteiger partial charge in [0.05, 0.1) is 0 Å². The fraction of sp³-hybridized carbons (Fsp3) is 0.429. The van der Waals surface area contributed by atoms with Gasteiger partial charge in [0.25, 0.3) is 0 Å². The number of hydrogen-bond donors (Lipinski definition) is 1. The smallest absolute Gasteiger partial charge is 0.227 e. The minimum Gasteiger partial charge on any atom is -0.326 e. The molecule has 0 saturated heterocycles. The zero-order valence-corrected chi connectivity index (χ0v) is 9.49. The summed E-state index contributed by atoms with van der Waals surface area (Å²) in [7, 11) is 0. The normalized spacial score (nSPS) is 17.8. The van der Waals surface area contributed by atoms with E-state index in [4.69, 9.17) is 0 Å². The van der Waals surface area contributed by atoms with Crippen molar-refractivity contribution in [2.45, 2.75) is 32.1 Å². The van der Waals surface area contributed by atoms with Crippen molar-refractivity contribution in [3.8, 4) is 0 Å². The van der Waals surface area contributed by atoms with E-state index in [0.717, 1.165) is 18.5 Å². The van der Waals surface area contributed by atoms with Gasteiger partial charge < -0.3 is 5.32 Å². The molecule has 0 heterocycles. The molecule has 2 rings (SSSR count). The molecule has 16 heavy (non-hydrogen) atoms. The molecule has 1 aromatic carbocycles. The van der Waals surface area contributed by atoms with Gasteiger partial charge in [-0.2, -0.15) is 0 Å². The Morgan fingerprint density at radius 3 is 2.75 bits per heavy atom. The minimum atomic E-state index is 0.0997. The molecular formula is C14H18NO. The molecule has 1 N–H and O–H groups in total. The highest BCUT2D eigenvalue weighted by atomic mass is 16.1. The quantitative estimate of drug-likeness (QED) is 0.754. The lowest BCUT2D eigenvalue weighted by atomic mass is 9.99. The van der Waals surface area contributed by atoms with E-state index in [2.05, 4.69) is 11.7 Å². The number of nitrogens with one attached hydrogen (secondary N) is 1. The summed E-state index contributed by atoms with van der Waals surface area (Å²) in [5, 5.41) is 2.97. The summed E-state index contributed by atoms with van der Waals surface area (Å²) in [6.45, 7) is 0. The van der Waals surface area contributed by atoms with Gasteiger partial charge in [0.1, 0.15) is 0 Å². The molecule has 1 saturated carbocycles. The summed E-state index contributed by atoms with van der Waals surface area (Å²) in [5.41, 5.74) is 0.894. The minimum absolute atomic E-state index is 0.0997. The van der Waals surface area contributed by atoms with Gasteiger partial charge in [0.2, 0.25) is 5.91 Å². The molecule has 1 aliphatic carbocycles. The van der Waals surface area contributed by atoms with Crippen molar-refractivity contribution >= 4 is 11.6 Å². The molecule has 1 aromatic rings. The van der Waals surface area contributed by atoms with E-state index in [1.54, 1.807) is 0 Å². The van der Waals surface area contributed by atoms with Gasteiger partial charge >= 0.3 is 0 Å². The highest BCUT2D eigenvalue weighted by Gasteiger charge is 2.19. The second kappa shape index (κ2) is 5.69. The van der Waals surface area contributed by atoms with Crippen LogP contribution in [0.2, 0.25) is 0 Å². The van der Waals surface area contributed by atoms with Gasteiger partial charge in [-0.15, -0.1) is 0 Å². The van der Waals surface area contributed by atoms with Crippen molar-refractivity contribution in [2.75, 3.05) is 5.32 Å².